The SMILES string of the molecule is Nc1ccc(Oc2ccn3nc(Nc4ccc5ncccc5c4)nc3c2)cc1. The molecule has 5 aromatic rings. The van der Waals surface area contributed by atoms with Crippen LogP contribution in [0.1, 0.15) is 0 Å². The van der Waals surface area contributed by atoms with Crippen molar-refractivity contribution in [3.05, 3.63) is 79.1 Å². The Balaban J connectivity index is 1.40. The van der Waals surface area contributed by atoms with E-state index in [2.05, 4.69) is 20.4 Å². The normalized spacial score (nSPS) is 11.0. The lowest BCUT2D eigenvalue weighted by atomic mass is 10.2. The maximum atomic E-state index is 5.85. The molecule has 0 aliphatic rings. The summed E-state index contributed by atoms with van der Waals surface area (Å²) in [4.78, 5) is 8.86. The minimum absolute atomic E-state index is 0.507. The molecule has 0 unspecified atom stereocenters. The van der Waals surface area contributed by atoms with E-state index in [0.717, 1.165) is 16.6 Å². The number of fused-ring (bicyclic) bond motifs is 2. The number of benzene rings is 2. The Labute approximate surface area is 160 Å². The molecule has 0 saturated carbocycles. The molecule has 0 fully saturated rings. The van der Waals surface area contributed by atoms with Crippen molar-refractivity contribution in [1.82, 2.24) is 19.6 Å². The molecule has 0 aliphatic carbocycles. The topological polar surface area (TPSA) is 90.4 Å². The zero-order valence-electron chi connectivity index (χ0n) is 14.8. The van der Waals surface area contributed by atoms with Crippen LogP contribution in [0.4, 0.5) is 17.3 Å². The summed E-state index contributed by atoms with van der Waals surface area (Å²) in [6.07, 6.45) is 3.59. The highest BCUT2D eigenvalue weighted by Gasteiger charge is 2.07. The minimum atomic E-state index is 0.507. The molecule has 2 aromatic carbocycles. The molecule has 3 N–H and O–H groups in total. The van der Waals surface area contributed by atoms with Crippen LogP contribution in [0, 0.1) is 0 Å². The molecule has 0 amide bonds. The first kappa shape index (κ1) is 16.1. The fraction of sp³-hybridized carbons (Fsp3) is 0. The van der Waals surface area contributed by atoms with Gasteiger partial charge in [-0.25, -0.2) is 4.52 Å². The van der Waals surface area contributed by atoms with Gasteiger partial charge in [0.15, 0.2) is 5.65 Å². The number of rotatable bonds is 4. The van der Waals surface area contributed by atoms with Crippen LogP contribution in [0.15, 0.2) is 79.1 Å². The zero-order valence-corrected chi connectivity index (χ0v) is 14.8. The van der Waals surface area contributed by atoms with Gasteiger partial charge in [-0.05, 0) is 54.6 Å². The second-order valence-electron chi connectivity index (χ2n) is 6.31. The Kier molecular flexibility index (Phi) is 3.76. The molecule has 7 nitrogen and oxygen atoms in total. The van der Waals surface area contributed by atoms with E-state index >= 15 is 0 Å². The smallest absolute Gasteiger partial charge is 0.247 e. The number of nitrogens with zero attached hydrogens (tertiary/aromatic N) is 4. The average molecular weight is 368 g/mol. The van der Waals surface area contributed by atoms with Gasteiger partial charge in [0.1, 0.15) is 11.5 Å². The van der Waals surface area contributed by atoms with Crippen LogP contribution in [0.5, 0.6) is 11.5 Å². The van der Waals surface area contributed by atoms with Crippen molar-refractivity contribution in [2.24, 2.45) is 0 Å². The molecule has 0 atom stereocenters. The average Bonchev–Trinajstić information content (AvgIpc) is 3.11. The van der Waals surface area contributed by atoms with Gasteiger partial charge in [0.05, 0.1) is 5.52 Å². The molecule has 3 aromatic heterocycles. The summed E-state index contributed by atoms with van der Waals surface area (Å²) in [6.45, 7) is 0. The Bertz CT molecular complexity index is 1280. The van der Waals surface area contributed by atoms with Crippen LogP contribution < -0.4 is 15.8 Å². The third-order valence-electron chi connectivity index (χ3n) is 4.28. The summed E-state index contributed by atoms with van der Waals surface area (Å²) >= 11 is 0. The Morgan fingerprint density at radius 3 is 2.71 bits per heavy atom. The Morgan fingerprint density at radius 2 is 1.82 bits per heavy atom. The van der Waals surface area contributed by atoms with Gasteiger partial charge in [0.25, 0.3) is 0 Å². The molecule has 0 aliphatic heterocycles. The molecule has 0 bridgehead atoms. The number of anilines is 3. The maximum Gasteiger partial charge on any atom is 0.247 e. The molecule has 28 heavy (non-hydrogen) atoms. The largest absolute Gasteiger partial charge is 0.457 e. The Morgan fingerprint density at radius 1 is 0.929 bits per heavy atom. The molecular formula is C21H16N6O. The highest BCUT2D eigenvalue weighted by molar-refractivity contribution is 5.82. The fourth-order valence-corrected chi connectivity index (χ4v) is 2.93. The quantitative estimate of drug-likeness (QED) is 0.457. The van der Waals surface area contributed by atoms with Gasteiger partial charge in [-0.2, -0.15) is 4.98 Å². The molecule has 0 saturated heterocycles. The van der Waals surface area contributed by atoms with E-state index in [0.29, 0.717) is 28.8 Å². The van der Waals surface area contributed by atoms with E-state index in [-0.39, 0.29) is 0 Å². The fourth-order valence-electron chi connectivity index (χ4n) is 2.93. The molecule has 0 radical (unpaired) electrons. The first-order valence-corrected chi connectivity index (χ1v) is 8.75. The molecule has 5 rings (SSSR count). The van der Waals surface area contributed by atoms with Gasteiger partial charge in [-0.15, -0.1) is 5.10 Å². The number of pyridine rings is 2. The maximum absolute atomic E-state index is 5.85. The second kappa shape index (κ2) is 6.55. The first-order chi connectivity index (χ1) is 13.7. The van der Waals surface area contributed by atoms with E-state index in [9.17, 15) is 0 Å². The number of nitrogen functional groups attached to an aromatic ring is 1. The number of hydrogen-bond donors (Lipinski definition) is 2. The predicted octanol–water partition coefficient (Wildman–Crippen LogP) is 4.40. The van der Waals surface area contributed by atoms with E-state index < -0.39 is 0 Å². The highest BCUT2D eigenvalue weighted by Crippen LogP contribution is 2.24. The highest BCUT2D eigenvalue weighted by atomic mass is 16.5. The van der Waals surface area contributed by atoms with Gasteiger partial charge in [0, 0.05) is 35.2 Å². The second-order valence-corrected chi connectivity index (χ2v) is 6.31. The van der Waals surface area contributed by atoms with E-state index in [1.807, 2.05) is 60.8 Å². The van der Waals surface area contributed by atoms with Crippen LogP contribution in [-0.4, -0.2) is 19.6 Å². The van der Waals surface area contributed by atoms with Crippen molar-refractivity contribution in [3.8, 4) is 11.5 Å². The van der Waals surface area contributed by atoms with Crippen molar-refractivity contribution in [1.29, 1.82) is 0 Å². The van der Waals surface area contributed by atoms with Gasteiger partial charge in [-0.1, -0.05) is 6.07 Å². The Hall–Kier alpha value is -4.13. The lowest BCUT2D eigenvalue weighted by molar-refractivity contribution is 0.482. The number of aromatic nitrogens is 4. The van der Waals surface area contributed by atoms with Crippen LogP contribution in [-0.2, 0) is 0 Å². The van der Waals surface area contributed by atoms with Crippen molar-refractivity contribution in [3.63, 3.8) is 0 Å². The monoisotopic (exact) mass is 368 g/mol. The molecule has 0 spiro atoms. The standard InChI is InChI=1S/C21H16N6O/c22-15-3-6-17(7-4-15)28-18-9-11-27-20(13-18)25-21(26-27)24-16-5-8-19-14(12-16)2-1-10-23-19/h1-13H,22H2,(H,24,26). The van der Waals surface area contributed by atoms with Crippen molar-refractivity contribution >= 4 is 33.9 Å². The summed E-state index contributed by atoms with van der Waals surface area (Å²) < 4.78 is 7.55. The van der Waals surface area contributed by atoms with Crippen molar-refractivity contribution in [2.45, 2.75) is 0 Å². The summed E-state index contributed by atoms with van der Waals surface area (Å²) in [7, 11) is 0. The van der Waals surface area contributed by atoms with E-state index in [1.165, 1.54) is 0 Å². The number of nitrogens with two attached hydrogens (primary N) is 1. The number of ether oxygens (including phenoxy) is 1. The summed E-state index contributed by atoms with van der Waals surface area (Å²) in [6, 6.07) is 20.8. The van der Waals surface area contributed by atoms with Gasteiger partial charge in [-0.3, -0.25) is 4.98 Å². The number of nitrogens with one attached hydrogen (secondary N) is 1. The predicted molar refractivity (Wildman–Crippen MR) is 109 cm³/mol. The first-order valence-electron chi connectivity index (χ1n) is 8.75. The lowest BCUT2D eigenvalue weighted by Crippen LogP contribution is -1.93. The molecular weight excluding hydrogens is 352 g/mol. The van der Waals surface area contributed by atoms with Crippen LogP contribution in [0.25, 0.3) is 16.6 Å². The zero-order chi connectivity index (χ0) is 18.9. The van der Waals surface area contributed by atoms with Gasteiger partial charge in [0.2, 0.25) is 5.95 Å². The van der Waals surface area contributed by atoms with Gasteiger partial charge >= 0.3 is 0 Å². The summed E-state index contributed by atoms with van der Waals surface area (Å²) in [5.74, 6) is 1.89. The summed E-state index contributed by atoms with van der Waals surface area (Å²) in [5.41, 5.74) is 8.92. The molecule has 3 heterocycles. The van der Waals surface area contributed by atoms with E-state index in [1.54, 1.807) is 22.8 Å². The van der Waals surface area contributed by atoms with Crippen LogP contribution in [0.3, 0.4) is 0 Å². The van der Waals surface area contributed by atoms with Crippen molar-refractivity contribution in [2.75, 3.05) is 11.1 Å². The van der Waals surface area contributed by atoms with Crippen LogP contribution in [0.2, 0.25) is 0 Å². The third-order valence-corrected chi connectivity index (χ3v) is 4.28. The molecule has 136 valence electrons. The third kappa shape index (κ3) is 3.16. The minimum Gasteiger partial charge on any atom is -0.457 e. The van der Waals surface area contributed by atoms with Crippen LogP contribution >= 0.6 is 0 Å². The molecule has 7 heteroatoms. The number of hydrogen-bond acceptors (Lipinski definition) is 6. The van der Waals surface area contributed by atoms with Gasteiger partial charge < -0.3 is 15.8 Å². The summed E-state index contributed by atoms with van der Waals surface area (Å²) in [5, 5.41) is 8.74. The van der Waals surface area contributed by atoms with Crippen molar-refractivity contribution < 1.29 is 4.74 Å². The van der Waals surface area contributed by atoms with E-state index in [4.69, 9.17) is 10.5 Å². The lowest BCUT2D eigenvalue weighted by Gasteiger charge is -2.05.